The number of hydroxylamine groups is 1. The second-order valence-electron chi connectivity index (χ2n) is 6.70. The Morgan fingerprint density at radius 1 is 1.33 bits per heavy atom. The molecule has 1 aromatic rings. The van der Waals surface area contributed by atoms with Crippen molar-refractivity contribution in [2.75, 3.05) is 19.3 Å². The van der Waals surface area contributed by atoms with Crippen molar-refractivity contribution in [1.82, 2.24) is 20.3 Å². The predicted octanol–water partition coefficient (Wildman–Crippen LogP) is -0.407. The molecule has 12 heteroatoms. The third-order valence-corrected chi connectivity index (χ3v) is 6.70. The number of carbonyl (C=O) groups is 3. The van der Waals surface area contributed by atoms with E-state index in [0.29, 0.717) is 11.3 Å². The number of rotatable bonds is 6. The van der Waals surface area contributed by atoms with Gasteiger partial charge in [-0.15, -0.1) is 0 Å². The van der Waals surface area contributed by atoms with Crippen molar-refractivity contribution in [3.63, 3.8) is 0 Å². The summed E-state index contributed by atoms with van der Waals surface area (Å²) in [6.07, 6.45) is 1.03. The van der Waals surface area contributed by atoms with E-state index in [4.69, 9.17) is 10.3 Å². The summed E-state index contributed by atoms with van der Waals surface area (Å²) in [7, 11) is -3.85. The van der Waals surface area contributed by atoms with Crippen molar-refractivity contribution in [1.29, 1.82) is 0 Å². The molecule has 0 spiro atoms. The Morgan fingerprint density at radius 2 is 2.03 bits per heavy atom. The monoisotopic (exact) mass is 436 g/mol. The largest absolute Gasteiger partial charge is 0.465 e. The summed E-state index contributed by atoms with van der Waals surface area (Å²) in [4.78, 5) is 36.1. The Hall–Kier alpha value is -3.48. The van der Waals surface area contributed by atoms with Gasteiger partial charge in [-0.25, -0.2) is 23.5 Å². The number of sulfone groups is 1. The van der Waals surface area contributed by atoms with Gasteiger partial charge in [-0.05, 0) is 31.3 Å². The van der Waals surface area contributed by atoms with Crippen LogP contribution < -0.4 is 10.8 Å². The molecule has 1 atom stereocenters. The van der Waals surface area contributed by atoms with Crippen LogP contribution in [-0.4, -0.2) is 70.3 Å². The lowest BCUT2D eigenvalue weighted by Gasteiger charge is -2.27. The van der Waals surface area contributed by atoms with E-state index in [1.165, 1.54) is 28.1 Å². The second-order valence-corrected chi connectivity index (χ2v) is 9.14. The molecule has 2 rings (SSSR count). The molecule has 4 N–H and O–H groups in total. The van der Waals surface area contributed by atoms with Gasteiger partial charge in [0.15, 0.2) is 14.6 Å². The molecule has 0 aromatic carbocycles. The van der Waals surface area contributed by atoms with Crippen molar-refractivity contribution >= 4 is 27.9 Å². The molecule has 0 saturated heterocycles. The highest BCUT2D eigenvalue weighted by Gasteiger charge is 2.44. The minimum atomic E-state index is -3.85. The molecule has 2 heterocycles. The fourth-order valence-electron chi connectivity index (χ4n) is 2.71. The van der Waals surface area contributed by atoms with Crippen molar-refractivity contribution in [3.8, 4) is 23.7 Å². The number of nitrogens with zero attached hydrogens (tertiary/aromatic N) is 2. The lowest BCUT2D eigenvalue weighted by Crippen LogP contribution is -2.50. The lowest BCUT2D eigenvalue weighted by molar-refractivity contribution is -0.131. The summed E-state index contributed by atoms with van der Waals surface area (Å²) in [5.74, 6) is 9.23. The molecule has 11 nitrogen and oxygen atoms in total. The van der Waals surface area contributed by atoms with Gasteiger partial charge in [0.25, 0.3) is 5.91 Å². The number of carboxylic acid groups (broad SMARTS) is 1. The Morgan fingerprint density at radius 3 is 2.60 bits per heavy atom. The molecule has 0 aliphatic carbocycles. The third-order valence-electron chi connectivity index (χ3n) is 4.67. The van der Waals surface area contributed by atoms with Gasteiger partial charge in [-0.3, -0.25) is 14.6 Å². The van der Waals surface area contributed by atoms with Crippen LogP contribution in [0.3, 0.4) is 0 Å². The highest BCUT2D eigenvalue weighted by Crippen LogP contribution is 2.25. The Bertz CT molecular complexity index is 1100. The SMILES string of the molecule is C[C@@](CCN1Cc2cc(C#CC#CCNC(=O)O)cn2C1=O)(C(=O)NO)S(C)(=O)=O. The van der Waals surface area contributed by atoms with E-state index in [1.54, 1.807) is 6.07 Å². The fourth-order valence-corrected chi connectivity index (χ4v) is 3.56. The molecule has 1 aliphatic heterocycles. The van der Waals surface area contributed by atoms with Gasteiger partial charge < -0.3 is 15.3 Å². The van der Waals surface area contributed by atoms with Crippen LogP contribution in [0.2, 0.25) is 0 Å². The first-order valence-electron chi connectivity index (χ1n) is 8.60. The Labute approximate surface area is 172 Å². The van der Waals surface area contributed by atoms with Gasteiger partial charge in [-0.1, -0.05) is 11.8 Å². The number of hydrogen-bond acceptors (Lipinski definition) is 6. The van der Waals surface area contributed by atoms with Crippen LogP contribution in [0.4, 0.5) is 9.59 Å². The number of amides is 3. The van der Waals surface area contributed by atoms with E-state index in [1.807, 2.05) is 0 Å². The highest BCUT2D eigenvalue weighted by atomic mass is 32.2. The molecule has 0 saturated carbocycles. The molecular formula is C18H20N4O7S. The van der Waals surface area contributed by atoms with Gasteiger partial charge in [0.05, 0.1) is 13.1 Å². The quantitative estimate of drug-likeness (QED) is 0.268. The number of carbonyl (C=O) groups excluding carboxylic acids is 2. The molecule has 0 bridgehead atoms. The number of hydrogen-bond donors (Lipinski definition) is 4. The molecule has 1 aromatic heterocycles. The Kier molecular flexibility index (Phi) is 6.77. The van der Waals surface area contributed by atoms with E-state index in [9.17, 15) is 22.8 Å². The van der Waals surface area contributed by atoms with Crippen LogP contribution in [-0.2, 0) is 21.2 Å². The van der Waals surface area contributed by atoms with Gasteiger partial charge in [0.1, 0.15) is 0 Å². The van der Waals surface area contributed by atoms with Crippen molar-refractivity contribution in [2.24, 2.45) is 0 Å². The Balaban J connectivity index is 2.04. The molecule has 0 unspecified atom stereocenters. The van der Waals surface area contributed by atoms with E-state index in [2.05, 4.69) is 29.0 Å². The standard InChI is InChI=1S/C18H20N4O7S/c1-18(15(23)20-27,30(2,28)29)7-9-21-12-14-10-13(11-22(14)17(21)26)6-4-3-5-8-19-16(24)25/h10-11,19,27H,7-9,12H2,1-2H3,(H,20,23)(H,24,25)/t18-/m1/s1. The molecule has 0 radical (unpaired) electrons. The first-order chi connectivity index (χ1) is 14.0. The van der Waals surface area contributed by atoms with E-state index in [0.717, 1.165) is 6.26 Å². The van der Waals surface area contributed by atoms with E-state index in [-0.39, 0.29) is 26.1 Å². The van der Waals surface area contributed by atoms with Crippen LogP contribution in [0.25, 0.3) is 0 Å². The van der Waals surface area contributed by atoms with Crippen molar-refractivity contribution < 1.29 is 33.1 Å². The summed E-state index contributed by atoms with van der Waals surface area (Å²) in [6, 6.07) is 1.29. The first kappa shape index (κ1) is 22.8. The van der Waals surface area contributed by atoms with Crippen LogP contribution >= 0.6 is 0 Å². The van der Waals surface area contributed by atoms with Crippen LogP contribution in [0.15, 0.2) is 12.3 Å². The topological polar surface area (TPSA) is 158 Å². The molecule has 0 fully saturated rings. The van der Waals surface area contributed by atoms with Gasteiger partial charge >= 0.3 is 12.1 Å². The first-order valence-corrected chi connectivity index (χ1v) is 10.5. The summed E-state index contributed by atoms with van der Waals surface area (Å²) in [6.45, 7) is 1.33. The average Bonchev–Trinajstić information content (AvgIpc) is 3.19. The van der Waals surface area contributed by atoms with Crippen LogP contribution in [0.5, 0.6) is 0 Å². The zero-order valence-corrected chi connectivity index (χ0v) is 17.0. The average molecular weight is 436 g/mol. The maximum absolute atomic E-state index is 12.5. The second kappa shape index (κ2) is 8.90. The van der Waals surface area contributed by atoms with Crippen molar-refractivity contribution in [3.05, 3.63) is 23.5 Å². The number of aromatic nitrogens is 1. The summed E-state index contributed by atoms with van der Waals surface area (Å²) < 4.78 is 23.5. The van der Waals surface area contributed by atoms with Gasteiger partial charge in [0, 0.05) is 30.3 Å². The smallest absolute Gasteiger partial charge is 0.405 e. The zero-order valence-electron chi connectivity index (χ0n) is 16.2. The molecule has 1 aliphatic rings. The van der Waals surface area contributed by atoms with Crippen molar-refractivity contribution in [2.45, 2.75) is 24.6 Å². The van der Waals surface area contributed by atoms with Crippen LogP contribution in [0, 0.1) is 23.7 Å². The predicted molar refractivity (Wildman–Crippen MR) is 104 cm³/mol. The minimum absolute atomic E-state index is 0.0133. The van der Waals surface area contributed by atoms with Crippen LogP contribution in [0.1, 0.15) is 24.6 Å². The third kappa shape index (κ3) is 4.92. The minimum Gasteiger partial charge on any atom is -0.465 e. The fraction of sp³-hybridized carbons (Fsp3) is 0.389. The number of fused-ring (bicyclic) bond motifs is 1. The molecule has 3 amide bonds. The summed E-state index contributed by atoms with van der Waals surface area (Å²) in [5.41, 5.74) is 2.55. The summed E-state index contributed by atoms with van der Waals surface area (Å²) >= 11 is 0. The van der Waals surface area contributed by atoms with Gasteiger partial charge in [0.2, 0.25) is 0 Å². The molecule has 30 heavy (non-hydrogen) atoms. The van der Waals surface area contributed by atoms with Gasteiger partial charge in [-0.2, -0.15) is 0 Å². The number of nitrogens with one attached hydrogen (secondary N) is 2. The highest BCUT2D eigenvalue weighted by molar-refractivity contribution is 7.92. The normalized spacial score (nSPS) is 14.5. The van der Waals surface area contributed by atoms with E-state index >= 15 is 0 Å². The maximum atomic E-state index is 12.5. The summed E-state index contributed by atoms with van der Waals surface area (Å²) in [5, 5.41) is 19.3. The molecule has 160 valence electrons. The zero-order chi connectivity index (χ0) is 22.5. The van der Waals surface area contributed by atoms with E-state index < -0.39 is 32.6 Å². The molecular weight excluding hydrogens is 416 g/mol. The maximum Gasteiger partial charge on any atom is 0.405 e. The lowest BCUT2D eigenvalue weighted by atomic mass is 10.1.